The Kier molecular flexibility index (Phi) is 8.17. The van der Waals surface area contributed by atoms with Gasteiger partial charge in [0.1, 0.15) is 5.37 Å². The van der Waals surface area contributed by atoms with Gasteiger partial charge in [-0.1, -0.05) is 0 Å². The third-order valence-corrected chi connectivity index (χ3v) is 4.55. The third kappa shape index (κ3) is 5.57. The van der Waals surface area contributed by atoms with Crippen LogP contribution in [-0.4, -0.2) is 65.2 Å². The lowest BCUT2D eigenvalue weighted by Gasteiger charge is -2.18. The number of thioether (sulfide) groups is 1. The Hall–Kier alpha value is -1.49. The summed E-state index contributed by atoms with van der Waals surface area (Å²) in [5.41, 5.74) is 16.4. The average Bonchev–Trinajstić information content (AvgIpc) is 2.79. The van der Waals surface area contributed by atoms with Crippen LogP contribution < -0.4 is 22.5 Å². The Morgan fingerprint density at radius 1 is 1.39 bits per heavy atom. The molecule has 1 aliphatic rings. The van der Waals surface area contributed by atoms with E-state index in [0.717, 1.165) is 16.7 Å². The van der Waals surface area contributed by atoms with Crippen LogP contribution in [0.1, 0.15) is 19.3 Å². The number of nitrogens with one attached hydrogen (secondary N) is 1. The van der Waals surface area contributed by atoms with Gasteiger partial charge in [0, 0.05) is 19.5 Å². The van der Waals surface area contributed by atoms with Gasteiger partial charge in [-0.25, -0.2) is 0 Å². The molecule has 0 aromatic carbocycles. The number of nitrogens with two attached hydrogens (primary N) is 3. The van der Waals surface area contributed by atoms with Crippen molar-refractivity contribution in [3.05, 3.63) is 0 Å². The van der Waals surface area contributed by atoms with Crippen LogP contribution in [0.25, 0.3) is 0 Å². The minimum Gasteiger partial charge on any atom is -0.336 e. The molecule has 1 fully saturated rings. The van der Waals surface area contributed by atoms with Crippen molar-refractivity contribution in [3.8, 4) is 0 Å². The molecule has 9 nitrogen and oxygen atoms in total. The summed E-state index contributed by atoms with van der Waals surface area (Å²) in [6, 6.07) is -0.767. The number of rotatable bonds is 10. The molecule has 0 bridgehead atoms. The minimum atomic E-state index is -0.939. The van der Waals surface area contributed by atoms with Gasteiger partial charge in [-0.15, -0.1) is 11.8 Å². The molecule has 1 heterocycles. The zero-order valence-corrected chi connectivity index (χ0v) is 13.6. The SMILES string of the molecule is NCCC[C@@H](N)C(=O)N[C@@H](C=O)SC1CC(=O)N(CCN)C1=O. The van der Waals surface area contributed by atoms with Gasteiger partial charge in [0.25, 0.3) is 0 Å². The number of aldehydes is 1. The van der Waals surface area contributed by atoms with Crippen LogP contribution in [-0.2, 0) is 19.2 Å². The van der Waals surface area contributed by atoms with Crippen molar-refractivity contribution in [2.45, 2.75) is 35.9 Å². The Bertz CT molecular complexity index is 462. The molecule has 0 aliphatic carbocycles. The van der Waals surface area contributed by atoms with Gasteiger partial charge in [0.15, 0.2) is 6.29 Å². The minimum absolute atomic E-state index is 0.0110. The van der Waals surface area contributed by atoms with Crippen LogP contribution in [0.5, 0.6) is 0 Å². The number of likely N-dealkylation sites (tertiary alicyclic amines) is 1. The van der Waals surface area contributed by atoms with Crippen molar-refractivity contribution in [1.82, 2.24) is 10.2 Å². The summed E-state index contributed by atoms with van der Waals surface area (Å²) in [7, 11) is 0. The molecule has 1 saturated heterocycles. The van der Waals surface area contributed by atoms with E-state index in [1.165, 1.54) is 0 Å². The molecular weight excluding hydrogens is 322 g/mol. The summed E-state index contributed by atoms with van der Waals surface area (Å²) in [4.78, 5) is 47.9. The molecule has 3 atom stereocenters. The Labute approximate surface area is 138 Å². The van der Waals surface area contributed by atoms with Gasteiger partial charge in [0.05, 0.1) is 11.3 Å². The molecular formula is C13H23N5O4S. The summed E-state index contributed by atoms with van der Waals surface area (Å²) in [6.45, 7) is 0.748. The highest BCUT2D eigenvalue weighted by atomic mass is 32.2. The maximum absolute atomic E-state index is 12.1. The average molecular weight is 345 g/mol. The number of amides is 3. The van der Waals surface area contributed by atoms with Crippen LogP contribution in [0.3, 0.4) is 0 Å². The number of imide groups is 1. The summed E-state index contributed by atoms with van der Waals surface area (Å²) in [5.74, 6) is -1.20. The molecule has 7 N–H and O–H groups in total. The zero-order valence-electron chi connectivity index (χ0n) is 12.8. The van der Waals surface area contributed by atoms with E-state index in [2.05, 4.69) is 5.32 Å². The fraction of sp³-hybridized carbons (Fsp3) is 0.692. The molecule has 0 aromatic heterocycles. The normalized spacial score (nSPS) is 20.5. The number of nitrogens with zero attached hydrogens (tertiary/aromatic N) is 1. The van der Waals surface area contributed by atoms with E-state index in [9.17, 15) is 19.2 Å². The highest BCUT2D eigenvalue weighted by Crippen LogP contribution is 2.27. The lowest BCUT2D eigenvalue weighted by molar-refractivity contribution is -0.138. The van der Waals surface area contributed by atoms with Crippen molar-refractivity contribution >= 4 is 35.8 Å². The van der Waals surface area contributed by atoms with Gasteiger partial charge in [-0.3, -0.25) is 19.3 Å². The molecule has 1 unspecified atom stereocenters. The summed E-state index contributed by atoms with van der Waals surface area (Å²) in [5, 5.41) is 0.825. The Morgan fingerprint density at radius 2 is 2.09 bits per heavy atom. The first-order valence-electron chi connectivity index (χ1n) is 7.35. The second-order valence-electron chi connectivity index (χ2n) is 5.10. The fourth-order valence-corrected chi connectivity index (χ4v) is 3.20. The van der Waals surface area contributed by atoms with Crippen LogP contribution in [0.15, 0.2) is 0 Å². The van der Waals surface area contributed by atoms with Crippen LogP contribution in [0.4, 0.5) is 0 Å². The van der Waals surface area contributed by atoms with Crippen LogP contribution in [0.2, 0.25) is 0 Å². The number of hydrogen-bond donors (Lipinski definition) is 4. The fourth-order valence-electron chi connectivity index (χ4n) is 2.12. The van der Waals surface area contributed by atoms with Crippen molar-refractivity contribution in [1.29, 1.82) is 0 Å². The molecule has 0 aromatic rings. The van der Waals surface area contributed by atoms with Crippen molar-refractivity contribution < 1.29 is 19.2 Å². The topological polar surface area (TPSA) is 162 Å². The molecule has 1 aliphatic heterocycles. The van der Waals surface area contributed by atoms with Crippen LogP contribution >= 0.6 is 11.8 Å². The monoisotopic (exact) mass is 345 g/mol. The highest BCUT2D eigenvalue weighted by molar-refractivity contribution is 8.01. The third-order valence-electron chi connectivity index (χ3n) is 3.33. The predicted molar refractivity (Wildman–Crippen MR) is 86.0 cm³/mol. The maximum atomic E-state index is 12.1. The highest BCUT2D eigenvalue weighted by Gasteiger charge is 2.40. The van der Waals surface area contributed by atoms with Crippen LogP contribution in [0, 0.1) is 0 Å². The van der Waals surface area contributed by atoms with Gasteiger partial charge in [-0.05, 0) is 19.4 Å². The molecule has 130 valence electrons. The molecule has 0 spiro atoms. The number of carbonyl (C=O) groups excluding carboxylic acids is 4. The summed E-state index contributed by atoms with van der Waals surface area (Å²) >= 11 is 0.930. The summed E-state index contributed by atoms with van der Waals surface area (Å²) in [6.07, 6.45) is 1.51. The van der Waals surface area contributed by atoms with E-state index in [0.29, 0.717) is 25.7 Å². The van der Waals surface area contributed by atoms with Gasteiger partial charge >= 0.3 is 0 Å². The second-order valence-corrected chi connectivity index (χ2v) is 6.45. The van der Waals surface area contributed by atoms with E-state index < -0.39 is 22.6 Å². The molecule has 0 saturated carbocycles. The van der Waals surface area contributed by atoms with E-state index in [-0.39, 0.29) is 31.3 Å². The Morgan fingerprint density at radius 3 is 2.65 bits per heavy atom. The predicted octanol–water partition coefficient (Wildman–Crippen LogP) is -2.49. The number of carbonyl (C=O) groups is 4. The lowest BCUT2D eigenvalue weighted by Crippen LogP contribution is -2.46. The van der Waals surface area contributed by atoms with Crippen molar-refractivity contribution in [3.63, 3.8) is 0 Å². The molecule has 1 rings (SSSR count). The summed E-state index contributed by atoms with van der Waals surface area (Å²) < 4.78 is 0. The van der Waals surface area contributed by atoms with E-state index in [1.807, 2.05) is 0 Å². The standard InChI is InChI=1S/C13H23N5O4S/c14-3-1-2-8(16)12(21)17-10(7-19)23-9-6-11(20)18(5-4-15)13(9)22/h7-10H,1-6,14-16H2,(H,17,21)/t8-,9?,10-/m1/s1. The first kappa shape index (κ1) is 19.6. The van der Waals surface area contributed by atoms with E-state index in [1.54, 1.807) is 0 Å². The first-order valence-corrected chi connectivity index (χ1v) is 8.29. The largest absolute Gasteiger partial charge is 0.336 e. The second kappa shape index (κ2) is 9.60. The van der Waals surface area contributed by atoms with Crippen molar-refractivity contribution in [2.75, 3.05) is 19.6 Å². The maximum Gasteiger partial charge on any atom is 0.242 e. The van der Waals surface area contributed by atoms with Gasteiger partial charge in [-0.2, -0.15) is 0 Å². The Balaban J connectivity index is 2.56. The zero-order chi connectivity index (χ0) is 17.4. The van der Waals surface area contributed by atoms with Crippen molar-refractivity contribution in [2.24, 2.45) is 17.2 Å². The molecule has 0 radical (unpaired) electrons. The quantitative estimate of drug-likeness (QED) is 0.192. The van der Waals surface area contributed by atoms with Gasteiger partial charge in [0.2, 0.25) is 17.7 Å². The smallest absolute Gasteiger partial charge is 0.242 e. The van der Waals surface area contributed by atoms with Gasteiger partial charge < -0.3 is 27.3 Å². The first-order chi connectivity index (χ1) is 10.9. The number of hydrogen-bond acceptors (Lipinski definition) is 8. The molecule has 23 heavy (non-hydrogen) atoms. The molecule has 3 amide bonds. The van der Waals surface area contributed by atoms with E-state index >= 15 is 0 Å². The molecule has 10 heteroatoms. The van der Waals surface area contributed by atoms with E-state index in [4.69, 9.17) is 17.2 Å². The lowest BCUT2D eigenvalue weighted by atomic mass is 10.1.